The number of rotatable bonds is 3. The summed E-state index contributed by atoms with van der Waals surface area (Å²) in [5.74, 6) is -6.46. The number of hydrogen-bond acceptors (Lipinski definition) is 10. The molecule has 5 rings (SSSR count). The minimum absolute atomic E-state index is 0.0382. The second kappa shape index (κ2) is 7.36. The van der Waals surface area contributed by atoms with Crippen molar-refractivity contribution < 1.29 is 49.3 Å². The summed E-state index contributed by atoms with van der Waals surface area (Å²) in [5, 5.41) is 55.4. The lowest BCUT2D eigenvalue weighted by Crippen LogP contribution is -2.77. The third-order valence-corrected chi connectivity index (χ3v) is 9.75. The molecule has 2 saturated heterocycles. The topological polar surface area (TPSA) is 163 Å². The number of ether oxygens (including phenoxy) is 3. The van der Waals surface area contributed by atoms with Crippen molar-refractivity contribution in [1.29, 1.82) is 0 Å². The molecule has 194 valence electrons. The molecular weight excluding hydrogens is 460 g/mol. The molecule has 0 amide bonds. The zero-order valence-corrected chi connectivity index (χ0v) is 20.3. The van der Waals surface area contributed by atoms with Gasteiger partial charge in [-0.1, -0.05) is 32.1 Å². The van der Waals surface area contributed by atoms with E-state index in [0.29, 0.717) is 0 Å². The Morgan fingerprint density at radius 3 is 2.63 bits per heavy atom. The van der Waals surface area contributed by atoms with Gasteiger partial charge in [0.25, 0.3) is 0 Å². The van der Waals surface area contributed by atoms with Crippen LogP contribution in [0.15, 0.2) is 23.8 Å². The SMILES string of the molecule is C=C1[C@@H](O)[C@]2(O)OC[C@@]34[C@H]1[C@@H](OC(=O)[C@](C)(O)CC)C(=O)O[C@@H]3C[C@H]1C(C)=C[C@H](O)[C@@H](O)[C@]1(C)[C@@H]24. The van der Waals surface area contributed by atoms with Crippen LogP contribution in [0.5, 0.6) is 0 Å². The molecule has 10 nitrogen and oxygen atoms in total. The van der Waals surface area contributed by atoms with Crippen LogP contribution in [-0.2, 0) is 23.8 Å². The van der Waals surface area contributed by atoms with E-state index in [4.69, 9.17) is 14.2 Å². The zero-order chi connectivity index (χ0) is 25.9. The summed E-state index contributed by atoms with van der Waals surface area (Å²) < 4.78 is 17.3. The van der Waals surface area contributed by atoms with E-state index in [-0.39, 0.29) is 25.0 Å². The smallest absolute Gasteiger partial charge is 0.348 e. The fourth-order valence-corrected chi connectivity index (χ4v) is 7.85. The first-order valence-electron chi connectivity index (χ1n) is 12.1. The summed E-state index contributed by atoms with van der Waals surface area (Å²) in [4.78, 5) is 26.0. The Balaban J connectivity index is 1.69. The zero-order valence-electron chi connectivity index (χ0n) is 20.3. The van der Waals surface area contributed by atoms with Gasteiger partial charge in [0.15, 0.2) is 11.4 Å². The molecule has 0 unspecified atom stereocenters. The van der Waals surface area contributed by atoms with Crippen LogP contribution in [-0.4, -0.2) is 86.0 Å². The number of aliphatic hydroxyl groups excluding tert-OH is 3. The van der Waals surface area contributed by atoms with E-state index in [1.807, 2.05) is 0 Å². The van der Waals surface area contributed by atoms with Gasteiger partial charge in [-0.05, 0) is 38.2 Å². The quantitative estimate of drug-likeness (QED) is 0.257. The van der Waals surface area contributed by atoms with Crippen molar-refractivity contribution in [2.75, 3.05) is 6.61 Å². The highest BCUT2D eigenvalue weighted by Crippen LogP contribution is 2.73. The minimum atomic E-state index is -2.18. The molecule has 4 fully saturated rings. The van der Waals surface area contributed by atoms with Crippen LogP contribution in [0, 0.1) is 28.6 Å². The van der Waals surface area contributed by atoms with E-state index in [2.05, 4.69) is 6.58 Å². The van der Waals surface area contributed by atoms with Gasteiger partial charge in [-0.3, -0.25) is 0 Å². The number of carbonyl (C=O) groups is 2. The van der Waals surface area contributed by atoms with Crippen molar-refractivity contribution in [3.8, 4) is 0 Å². The first-order valence-corrected chi connectivity index (χ1v) is 12.1. The molecule has 2 bridgehead atoms. The molecule has 5 aliphatic rings. The van der Waals surface area contributed by atoms with Crippen molar-refractivity contribution in [2.45, 2.75) is 82.4 Å². The molecule has 1 spiro atoms. The van der Waals surface area contributed by atoms with Crippen LogP contribution in [0.3, 0.4) is 0 Å². The summed E-state index contributed by atoms with van der Waals surface area (Å²) in [6, 6.07) is 0. The molecule has 2 saturated carbocycles. The Morgan fingerprint density at radius 1 is 1.34 bits per heavy atom. The van der Waals surface area contributed by atoms with Crippen LogP contribution in [0.1, 0.15) is 40.5 Å². The van der Waals surface area contributed by atoms with Gasteiger partial charge in [0.2, 0.25) is 6.10 Å². The maximum atomic E-state index is 13.2. The highest BCUT2D eigenvalue weighted by Gasteiger charge is 2.83. The average molecular weight is 495 g/mol. The maximum Gasteiger partial charge on any atom is 0.348 e. The Morgan fingerprint density at radius 2 is 2.00 bits per heavy atom. The van der Waals surface area contributed by atoms with Crippen molar-refractivity contribution in [3.05, 3.63) is 23.8 Å². The van der Waals surface area contributed by atoms with E-state index >= 15 is 0 Å². The van der Waals surface area contributed by atoms with Crippen molar-refractivity contribution in [3.63, 3.8) is 0 Å². The van der Waals surface area contributed by atoms with Gasteiger partial charge in [-0.25, -0.2) is 9.59 Å². The van der Waals surface area contributed by atoms with Crippen LogP contribution in [0.4, 0.5) is 0 Å². The number of carbonyl (C=O) groups excluding carboxylic acids is 2. The molecule has 0 radical (unpaired) electrons. The van der Waals surface area contributed by atoms with Gasteiger partial charge in [0.05, 0.1) is 24.2 Å². The fourth-order valence-electron chi connectivity index (χ4n) is 7.85. The lowest BCUT2D eigenvalue weighted by Gasteiger charge is -2.67. The minimum Gasteiger partial charge on any atom is -0.459 e. The molecule has 0 aromatic rings. The standard InChI is InChI=1S/C25H34O10/c1-6-22(4,31)21(30)35-16-15-11(3)17(27)25(32)20-23(5)12(10(2)7-13(26)18(23)28)8-14(34-19(16)29)24(15,20)9-33-25/h7,12-18,20,26-28,31-32H,3,6,8-9H2,1-2,4-5H3/t12-,13-,14+,15+,16+,17+,18+,20+,22+,23+,24-,25-/m0/s1. The summed E-state index contributed by atoms with van der Waals surface area (Å²) in [6.07, 6.45) is -4.67. The Bertz CT molecular complexity index is 1020. The van der Waals surface area contributed by atoms with Gasteiger partial charge >= 0.3 is 11.9 Å². The number of hydrogen-bond donors (Lipinski definition) is 5. The largest absolute Gasteiger partial charge is 0.459 e. The predicted octanol–water partition coefficient (Wildman–Crippen LogP) is -0.439. The molecular formula is C25H34O10. The maximum absolute atomic E-state index is 13.2. The first kappa shape index (κ1) is 24.9. The second-order valence-electron chi connectivity index (χ2n) is 11.4. The van der Waals surface area contributed by atoms with Crippen LogP contribution in [0.25, 0.3) is 0 Å². The third-order valence-electron chi connectivity index (χ3n) is 9.75. The van der Waals surface area contributed by atoms with Gasteiger partial charge in [0.1, 0.15) is 12.2 Å². The second-order valence-corrected chi connectivity index (χ2v) is 11.4. The monoisotopic (exact) mass is 494 g/mol. The molecule has 10 heteroatoms. The van der Waals surface area contributed by atoms with Gasteiger partial charge in [-0.15, -0.1) is 0 Å². The van der Waals surface area contributed by atoms with Crippen molar-refractivity contribution in [2.24, 2.45) is 28.6 Å². The van der Waals surface area contributed by atoms with E-state index < -0.39 is 82.4 Å². The normalized spacial score (nSPS) is 52.0. The molecule has 2 aliphatic heterocycles. The highest BCUT2D eigenvalue weighted by molar-refractivity contribution is 5.85. The molecule has 5 N–H and O–H groups in total. The molecule has 0 aromatic heterocycles. The summed E-state index contributed by atoms with van der Waals surface area (Å²) in [5.41, 5.74) is -3.43. The number of aliphatic hydroxyl groups is 5. The van der Waals surface area contributed by atoms with Crippen LogP contribution < -0.4 is 0 Å². The van der Waals surface area contributed by atoms with E-state index in [0.717, 1.165) is 5.57 Å². The molecule has 0 aromatic carbocycles. The van der Waals surface area contributed by atoms with E-state index in [1.54, 1.807) is 26.8 Å². The van der Waals surface area contributed by atoms with E-state index in [9.17, 15) is 35.1 Å². The highest BCUT2D eigenvalue weighted by atomic mass is 16.7. The van der Waals surface area contributed by atoms with Gasteiger partial charge in [-0.2, -0.15) is 0 Å². The number of esters is 2. The first-order chi connectivity index (χ1) is 16.2. The Kier molecular flexibility index (Phi) is 5.23. The average Bonchev–Trinajstić information content (AvgIpc) is 3.08. The molecule has 35 heavy (non-hydrogen) atoms. The van der Waals surface area contributed by atoms with Crippen molar-refractivity contribution in [1.82, 2.24) is 0 Å². The third kappa shape index (κ3) is 2.81. The number of allylic oxidation sites excluding steroid dienone is 1. The fraction of sp³-hybridized carbons (Fsp3) is 0.760. The predicted molar refractivity (Wildman–Crippen MR) is 118 cm³/mol. The summed E-state index contributed by atoms with van der Waals surface area (Å²) in [7, 11) is 0. The van der Waals surface area contributed by atoms with Crippen molar-refractivity contribution >= 4 is 11.9 Å². The summed E-state index contributed by atoms with van der Waals surface area (Å²) in [6.45, 7) is 10.2. The van der Waals surface area contributed by atoms with Crippen LogP contribution in [0.2, 0.25) is 0 Å². The molecule has 12 atom stereocenters. The number of fused-ring (bicyclic) bond motifs is 1. The van der Waals surface area contributed by atoms with Gasteiger partial charge < -0.3 is 39.7 Å². The lowest BCUT2D eigenvalue weighted by atomic mass is 9.38. The Hall–Kier alpha value is -1.82. The summed E-state index contributed by atoms with van der Waals surface area (Å²) >= 11 is 0. The Labute approximate surface area is 203 Å². The molecule has 3 aliphatic carbocycles. The molecule has 2 heterocycles. The van der Waals surface area contributed by atoms with Crippen LogP contribution >= 0.6 is 0 Å². The van der Waals surface area contributed by atoms with E-state index in [1.165, 1.54) is 6.92 Å². The lowest BCUT2D eigenvalue weighted by molar-refractivity contribution is -0.318. The van der Waals surface area contributed by atoms with Gasteiger partial charge in [0, 0.05) is 17.3 Å².